The van der Waals surface area contributed by atoms with Gasteiger partial charge in [-0.05, 0) is 55.9 Å². The van der Waals surface area contributed by atoms with Crippen LogP contribution in [0.15, 0.2) is 30.6 Å². The zero-order chi connectivity index (χ0) is 19.1. The Hall–Kier alpha value is -1.89. The fourth-order valence-corrected chi connectivity index (χ4v) is 3.55. The Balaban J connectivity index is 1.70. The van der Waals surface area contributed by atoms with Crippen molar-refractivity contribution in [3.8, 4) is 11.1 Å². The highest BCUT2D eigenvalue weighted by atomic mass is 35.5. The van der Waals surface area contributed by atoms with Gasteiger partial charge in [-0.2, -0.15) is 0 Å². The van der Waals surface area contributed by atoms with E-state index in [9.17, 15) is 0 Å². The van der Waals surface area contributed by atoms with Gasteiger partial charge in [-0.3, -0.25) is 0 Å². The maximum atomic E-state index is 6.43. The summed E-state index contributed by atoms with van der Waals surface area (Å²) in [6, 6.07) is 6.74. The minimum atomic E-state index is 0.336. The molecule has 0 spiro atoms. The van der Waals surface area contributed by atoms with Crippen LogP contribution in [0.1, 0.15) is 32.1 Å². The minimum Gasteiger partial charge on any atom is -0.385 e. The highest BCUT2D eigenvalue weighted by Crippen LogP contribution is 2.31. The molecule has 0 bridgehead atoms. The van der Waals surface area contributed by atoms with Gasteiger partial charge >= 0.3 is 0 Å². The summed E-state index contributed by atoms with van der Waals surface area (Å²) in [7, 11) is 1.71. The highest BCUT2D eigenvalue weighted by Gasteiger charge is 2.19. The van der Waals surface area contributed by atoms with E-state index in [0.29, 0.717) is 17.1 Å². The van der Waals surface area contributed by atoms with E-state index < -0.39 is 0 Å². The van der Waals surface area contributed by atoms with Crippen molar-refractivity contribution < 1.29 is 4.74 Å². The van der Waals surface area contributed by atoms with E-state index in [1.807, 2.05) is 18.2 Å². The molecular formula is C20H28ClN5O. The molecule has 0 saturated heterocycles. The molecule has 7 heteroatoms. The molecule has 2 aromatic heterocycles. The molecule has 0 amide bonds. The molecule has 4 N–H and O–H groups in total. The van der Waals surface area contributed by atoms with Crippen LogP contribution in [-0.2, 0) is 4.74 Å². The predicted molar refractivity (Wildman–Crippen MR) is 111 cm³/mol. The van der Waals surface area contributed by atoms with Crippen LogP contribution in [-0.4, -0.2) is 42.3 Å². The topological polar surface area (TPSA) is 85.1 Å². The van der Waals surface area contributed by atoms with E-state index in [4.69, 9.17) is 22.1 Å². The van der Waals surface area contributed by atoms with Crippen molar-refractivity contribution in [2.45, 2.75) is 44.2 Å². The fraction of sp³-hybridized carbons (Fsp3) is 0.500. The molecule has 0 atom stereocenters. The first-order valence-corrected chi connectivity index (χ1v) is 9.90. The molecule has 0 aliphatic heterocycles. The molecule has 0 aromatic carbocycles. The number of nitrogens with zero attached hydrogens (tertiary/aromatic N) is 2. The van der Waals surface area contributed by atoms with Gasteiger partial charge in [0.25, 0.3) is 0 Å². The number of methoxy groups -OCH3 is 1. The quantitative estimate of drug-likeness (QED) is 0.593. The summed E-state index contributed by atoms with van der Waals surface area (Å²) >= 11 is 6.43. The SMILES string of the molecule is COCCCNc1cc(-c2cc(NC3CCC(N)CC3)ncc2Cl)ccn1. The van der Waals surface area contributed by atoms with E-state index in [2.05, 4.69) is 20.6 Å². The number of aromatic nitrogens is 2. The molecule has 27 heavy (non-hydrogen) atoms. The molecule has 1 aliphatic carbocycles. The Bertz CT molecular complexity index is 734. The second kappa shape index (κ2) is 9.88. The van der Waals surface area contributed by atoms with Crippen LogP contribution < -0.4 is 16.4 Å². The van der Waals surface area contributed by atoms with Crippen LogP contribution >= 0.6 is 11.6 Å². The van der Waals surface area contributed by atoms with E-state index in [1.54, 1.807) is 19.5 Å². The van der Waals surface area contributed by atoms with Gasteiger partial charge in [-0.25, -0.2) is 9.97 Å². The monoisotopic (exact) mass is 389 g/mol. The minimum absolute atomic E-state index is 0.336. The number of hydrogen-bond donors (Lipinski definition) is 3. The number of pyridine rings is 2. The zero-order valence-electron chi connectivity index (χ0n) is 15.7. The summed E-state index contributed by atoms with van der Waals surface area (Å²) in [5.74, 6) is 1.67. The number of halogens is 1. The van der Waals surface area contributed by atoms with Gasteiger partial charge in [0.15, 0.2) is 0 Å². The summed E-state index contributed by atoms with van der Waals surface area (Å²) in [6.07, 6.45) is 8.69. The molecule has 0 unspecified atom stereocenters. The van der Waals surface area contributed by atoms with Gasteiger partial charge < -0.3 is 21.1 Å². The van der Waals surface area contributed by atoms with Gasteiger partial charge in [0.2, 0.25) is 0 Å². The van der Waals surface area contributed by atoms with Gasteiger partial charge in [-0.15, -0.1) is 0 Å². The third-order valence-corrected chi connectivity index (χ3v) is 5.18. The molecule has 2 aromatic rings. The summed E-state index contributed by atoms with van der Waals surface area (Å²) in [5.41, 5.74) is 7.96. The van der Waals surface area contributed by atoms with Gasteiger partial charge in [0, 0.05) is 50.3 Å². The van der Waals surface area contributed by atoms with Crippen molar-refractivity contribution in [2.24, 2.45) is 5.73 Å². The second-order valence-electron chi connectivity index (χ2n) is 7.01. The third-order valence-electron chi connectivity index (χ3n) is 4.88. The Morgan fingerprint density at radius 2 is 2.00 bits per heavy atom. The average Bonchev–Trinajstić information content (AvgIpc) is 2.69. The fourth-order valence-electron chi connectivity index (χ4n) is 3.34. The Kier molecular flexibility index (Phi) is 7.26. The second-order valence-corrected chi connectivity index (χ2v) is 7.42. The maximum Gasteiger partial charge on any atom is 0.126 e. The van der Waals surface area contributed by atoms with Crippen LogP contribution in [0.5, 0.6) is 0 Å². The molecule has 2 heterocycles. The third kappa shape index (κ3) is 5.79. The number of nitrogens with two attached hydrogens (primary N) is 1. The number of nitrogens with one attached hydrogen (secondary N) is 2. The van der Waals surface area contributed by atoms with E-state index >= 15 is 0 Å². The summed E-state index contributed by atoms with van der Waals surface area (Å²) in [6.45, 7) is 1.54. The smallest absolute Gasteiger partial charge is 0.126 e. The van der Waals surface area contributed by atoms with E-state index in [0.717, 1.165) is 68.0 Å². The zero-order valence-corrected chi connectivity index (χ0v) is 16.5. The van der Waals surface area contributed by atoms with Crippen LogP contribution in [0.2, 0.25) is 5.02 Å². The van der Waals surface area contributed by atoms with Crippen molar-refractivity contribution in [1.29, 1.82) is 0 Å². The van der Waals surface area contributed by atoms with Crippen molar-refractivity contribution in [1.82, 2.24) is 9.97 Å². The largest absolute Gasteiger partial charge is 0.385 e. The molecule has 146 valence electrons. The summed E-state index contributed by atoms with van der Waals surface area (Å²) in [4.78, 5) is 8.83. The Labute approximate surface area is 165 Å². The average molecular weight is 390 g/mol. The Morgan fingerprint density at radius 1 is 1.19 bits per heavy atom. The van der Waals surface area contributed by atoms with E-state index in [1.165, 1.54) is 0 Å². The highest BCUT2D eigenvalue weighted by molar-refractivity contribution is 6.33. The lowest BCUT2D eigenvalue weighted by atomic mass is 9.92. The van der Waals surface area contributed by atoms with Gasteiger partial charge in [0.05, 0.1) is 5.02 Å². The number of rotatable bonds is 8. The first kappa shape index (κ1) is 19.9. The number of anilines is 2. The number of ether oxygens (including phenoxy) is 1. The van der Waals surface area contributed by atoms with Crippen LogP contribution in [0, 0.1) is 0 Å². The lowest BCUT2D eigenvalue weighted by Gasteiger charge is -2.27. The van der Waals surface area contributed by atoms with Crippen molar-refractivity contribution in [3.05, 3.63) is 35.6 Å². The van der Waals surface area contributed by atoms with E-state index in [-0.39, 0.29) is 0 Å². The molecule has 3 rings (SSSR count). The van der Waals surface area contributed by atoms with Crippen molar-refractivity contribution in [3.63, 3.8) is 0 Å². The maximum absolute atomic E-state index is 6.43. The summed E-state index contributed by atoms with van der Waals surface area (Å²) in [5, 5.41) is 7.48. The van der Waals surface area contributed by atoms with Crippen LogP contribution in [0.3, 0.4) is 0 Å². The number of hydrogen-bond acceptors (Lipinski definition) is 6. The molecule has 6 nitrogen and oxygen atoms in total. The van der Waals surface area contributed by atoms with Gasteiger partial charge in [-0.1, -0.05) is 11.6 Å². The molecule has 1 saturated carbocycles. The van der Waals surface area contributed by atoms with Gasteiger partial charge in [0.1, 0.15) is 11.6 Å². The lowest BCUT2D eigenvalue weighted by molar-refractivity contribution is 0.198. The normalized spacial score (nSPS) is 19.7. The molecule has 1 aliphatic rings. The molecule has 0 radical (unpaired) electrons. The molecule has 1 fully saturated rings. The van der Waals surface area contributed by atoms with Crippen LogP contribution in [0.25, 0.3) is 11.1 Å². The Morgan fingerprint density at radius 3 is 2.78 bits per heavy atom. The first-order valence-electron chi connectivity index (χ1n) is 9.52. The lowest BCUT2D eigenvalue weighted by Crippen LogP contribution is -2.33. The predicted octanol–water partition coefficient (Wildman–Crippen LogP) is 3.93. The first-order chi connectivity index (χ1) is 13.2. The van der Waals surface area contributed by atoms with Crippen molar-refractivity contribution >= 4 is 23.2 Å². The standard InChI is InChI=1S/C20H28ClN5O/c1-27-10-2-8-23-19-11-14(7-9-24-19)17-12-20(25-13-18(17)21)26-16-5-3-15(22)4-6-16/h7,9,11-13,15-16H,2-6,8,10,22H2,1H3,(H,23,24)(H,25,26). The van der Waals surface area contributed by atoms with Crippen LogP contribution in [0.4, 0.5) is 11.6 Å². The van der Waals surface area contributed by atoms with Crippen molar-refractivity contribution in [2.75, 3.05) is 30.9 Å². The summed E-state index contributed by atoms with van der Waals surface area (Å²) < 4.78 is 5.07. The molecular weight excluding hydrogens is 362 g/mol.